The Morgan fingerprint density at radius 1 is 1.22 bits per heavy atom. The molecule has 1 N–H and O–H groups in total. The van der Waals surface area contributed by atoms with E-state index in [0.29, 0.717) is 12.3 Å². The van der Waals surface area contributed by atoms with E-state index in [-0.39, 0.29) is 5.91 Å². The summed E-state index contributed by atoms with van der Waals surface area (Å²) in [6.07, 6.45) is 2.19. The van der Waals surface area contributed by atoms with Crippen LogP contribution in [0, 0.1) is 5.92 Å². The molecule has 0 spiro atoms. The predicted molar refractivity (Wildman–Crippen MR) is 72.2 cm³/mol. The van der Waals surface area contributed by atoms with Gasteiger partial charge >= 0.3 is 0 Å². The second-order valence-corrected chi connectivity index (χ2v) is 4.70. The van der Waals surface area contributed by atoms with E-state index in [4.69, 9.17) is 4.42 Å². The van der Waals surface area contributed by atoms with Gasteiger partial charge < -0.3 is 9.73 Å². The van der Waals surface area contributed by atoms with Crippen LogP contribution in [0.4, 0.5) is 5.69 Å². The van der Waals surface area contributed by atoms with Crippen LogP contribution in [0.1, 0.15) is 20.3 Å². The zero-order valence-electron chi connectivity index (χ0n) is 10.6. The van der Waals surface area contributed by atoms with E-state index < -0.39 is 0 Å². The van der Waals surface area contributed by atoms with Crippen molar-refractivity contribution in [3.8, 4) is 11.3 Å². The summed E-state index contributed by atoms with van der Waals surface area (Å²) in [6, 6.07) is 11.4. The maximum Gasteiger partial charge on any atom is 0.224 e. The lowest BCUT2D eigenvalue weighted by molar-refractivity contribution is -0.116. The van der Waals surface area contributed by atoms with Gasteiger partial charge in [-0.15, -0.1) is 0 Å². The summed E-state index contributed by atoms with van der Waals surface area (Å²) >= 11 is 0. The highest BCUT2D eigenvalue weighted by atomic mass is 16.3. The number of benzene rings is 1. The molecule has 0 fully saturated rings. The van der Waals surface area contributed by atoms with Crippen molar-refractivity contribution in [1.82, 2.24) is 0 Å². The molecular formula is C15H17NO2. The molecule has 0 radical (unpaired) electrons. The molecule has 18 heavy (non-hydrogen) atoms. The number of hydrogen-bond donors (Lipinski definition) is 1. The average Bonchev–Trinajstić information content (AvgIpc) is 2.82. The fraction of sp³-hybridized carbons (Fsp3) is 0.267. The van der Waals surface area contributed by atoms with E-state index in [0.717, 1.165) is 17.0 Å². The molecule has 3 nitrogen and oxygen atoms in total. The second-order valence-electron chi connectivity index (χ2n) is 4.70. The maximum absolute atomic E-state index is 11.6. The minimum atomic E-state index is 0.0516. The summed E-state index contributed by atoms with van der Waals surface area (Å²) < 4.78 is 5.31. The Labute approximate surface area is 107 Å². The minimum absolute atomic E-state index is 0.0516. The Morgan fingerprint density at radius 2 is 1.94 bits per heavy atom. The molecule has 0 atom stereocenters. The monoisotopic (exact) mass is 243 g/mol. The number of rotatable bonds is 4. The Bertz CT molecular complexity index is 498. The fourth-order valence-corrected chi connectivity index (χ4v) is 1.74. The van der Waals surface area contributed by atoms with Gasteiger partial charge in [0, 0.05) is 17.7 Å². The Morgan fingerprint density at radius 3 is 2.50 bits per heavy atom. The van der Waals surface area contributed by atoms with Crippen molar-refractivity contribution < 1.29 is 9.21 Å². The number of hydrogen-bond acceptors (Lipinski definition) is 2. The smallest absolute Gasteiger partial charge is 0.224 e. The molecule has 1 aromatic heterocycles. The van der Waals surface area contributed by atoms with Crippen LogP contribution in [0.5, 0.6) is 0 Å². The summed E-state index contributed by atoms with van der Waals surface area (Å²) in [6.45, 7) is 4.05. The summed E-state index contributed by atoms with van der Waals surface area (Å²) in [5.41, 5.74) is 1.82. The molecule has 2 rings (SSSR count). The highest BCUT2D eigenvalue weighted by molar-refractivity contribution is 5.91. The first-order valence-corrected chi connectivity index (χ1v) is 6.09. The van der Waals surface area contributed by atoms with Gasteiger partial charge in [0.25, 0.3) is 0 Å². The standard InChI is InChI=1S/C15H17NO2/c1-11(2)10-15(17)16-13-7-5-12(6-8-13)14-4-3-9-18-14/h3-9,11H,10H2,1-2H3,(H,16,17). The molecule has 1 aromatic carbocycles. The van der Waals surface area contributed by atoms with Gasteiger partial charge in [0.1, 0.15) is 5.76 Å². The lowest BCUT2D eigenvalue weighted by atomic mass is 10.1. The van der Waals surface area contributed by atoms with Crippen LogP contribution in [0.3, 0.4) is 0 Å². The molecule has 94 valence electrons. The molecule has 0 bridgehead atoms. The molecule has 3 heteroatoms. The summed E-state index contributed by atoms with van der Waals surface area (Å²) in [7, 11) is 0. The van der Waals surface area contributed by atoms with Gasteiger partial charge in [0.2, 0.25) is 5.91 Å². The zero-order chi connectivity index (χ0) is 13.0. The van der Waals surface area contributed by atoms with E-state index in [1.807, 2.05) is 50.2 Å². The van der Waals surface area contributed by atoms with Crippen molar-refractivity contribution in [2.75, 3.05) is 5.32 Å². The summed E-state index contributed by atoms with van der Waals surface area (Å²) in [5.74, 6) is 1.25. The van der Waals surface area contributed by atoms with Crippen molar-refractivity contribution in [1.29, 1.82) is 0 Å². The van der Waals surface area contributed by atoms with E-state index >= 15 is 0 Å². The minimum Gasteiger partial charge on any atom is -0.464 e. The van der Waals surface area contributed by atoms with E-state index in [1.165, 1.54) is 0 Å². The average molecular weight is 243 g/mol. The van der Waals surface area contributed by atoms with Crippen molar-refractivity contribution in [2.24, 2.45) is 5.92 Å². The number of carbonyl (C=O) groups excluding carboxylic acids is 1. The Balaban J connectivity index is 2.02. The quantitative estimate of drug-likeness (QED) is 0.884. The molecule has 0 unspecified atom stereocenters. The van der Waals surface area contributed by atoms with Crippen LogP contribution in [0.25, 0.3) is 11.3 Å². The molecule has 0 aliphatic heterocycles. The van der Waals surface area contributed by atoms with Crippen LogP contribution in [-0.4, -0.2) is 5.91 Å². The van der Waals surface area contributed by atoms with E-state index in [9.17, 15) is 4.79 Å². The molecule has 0 aliphatic rings. The van der Waals surface area contributed by atoms with Gasteiger partial charge in [0.05, 0.1) is 6.26 Å². The zero-order valence-corrected chi connectivity index (χ0v) is 10.6. The van der Waals surface area contributed by atoms with Crippen molar-refractivity contribution >= 4 is 11.6 Å². The normalized spacial score (nSPS) is 10.6. The van der Waals surface area contributed by atoms with Gasteiger partial charge in [-0.1, -0.05) is 13.8 Å². The van der Waals surface area contributed by atoms with Gasteiger partial charge in [-0.3, -0.25) is 4.79 Å². The first-order chi connectivity index (χ1) is 8.65. The summed E-state index contributed by atoms with van der Waals surface area (Å²) in [4.78, 5) is 11.6. The van der Waals surface area contributed by atoms with Crippen molar-refractivity contribution in [3.63, 3.8) is 0 Å². The fourth-order valence-electron chi connectivity index (χ4n) is 1.74. The molecule has 1 heterocycles. The van der Waals surface area contributed by atoms with Gasteiger partial charge in [-0.05, 0) is 42.3 Å². The lowest BCUT2D eigenvalue weighted by Crippen LogP contribution is -2.13. The maximum atomic E-state index is 11.6. The molecule has 0 aliphatic carbocycles. The van der Waals surface area contributed by atoms with Crippen LogP contribution in [0.2, 0.25) is 0 Å². The Hall–Kier alpha value is -2.03. The summed E-state index contributed by atoms with van der Waals surface area (Å²) in [5, 5.41) is 2.88. The van der Waals surface area contributed by atoms with Gasteiger partial charge in [-0.2, -0.15) is 0 Å². The highest BCUT2D eigenvalue weighted by Gasteiger charge is 2.05. The molecule has 0 saturated carbocycles. The highest BCUT2D eigenvalue weighted by Crippen LogP contribution is 2.21. The van der Waals surface area contributed by atoms with Crippen molar-refractivity contribution in [3.05, 3.63) is 42.7 Å². The topological polar surface area (TPSA) is 42.2 Å². The lowest BCUT2D eigenvalue weighted by Gasteiger charge is -2.07. The third kappa shape index (κ3) is 3.23. The van der Waals surface area contributed by atoms with E-state index in [2.05, 4.69) is 5.32 Å². The number of nitrogens with one attached hydrogen (secondary N) is 1. The van der Waals surface area contributed by atoms with Crippen molar-refractivity contribution in [2.45, 2.75) is 20.3 Å². The van der Waals surface area contributed by atoms with Gasteiger partial charge in [0.15, 0.2) is 0 Å². The largest absolute Gasteiger partial charge is 0.464 e. The first-order valence-electron chi connectivity index (χ1n) is 6.09. The molecule has 1 amide bonds. The van der Waals surface area contributed by atoms with E-state index in [1.54, 1.807) is 6.26 Å². The molecule has 2 aromatic rings. The third-order valence-corrected chi connectivity index (χ3v) is 2.57. The number of anilines is 1. The van der Waals surface area contributed by atoms with Crippen LogP contribution < -0.4 is 5.32 Å². The SMILES string of the molecule is CC(C)CC(=O)Nc1ccc(-c2ccco2)cc1. The van der Waals surface area contributed by atoms with Crippen LogP contribution in [0.15, 0.2) is 47.1 Å². The predicted octanol–water partition coefficient (Wildman–Crippen LogP) is 3.93. The number of amides is 1. The van der Waals surface area contributed by atoms with Crippen LogP contribution in [-0.2, 0) is 4.79 Å². The third-order valence-electron chi connectivity index (χ3n) is 2.57. The second kappa shape index (κ2) is 5.54. The van der Waals surface area contributed by atoms with Crippen LogP contribution >= 0.6 is 0 Å². The van der Waals surface area contributed by atoms with Gasteiger partial charge in [-0.25, -0.2) is 0 Å². The molecule has 0 saturated heterocycles. The number of carbonyl (C=O) groups is 1. The Kier molecular flexibility index (Phi) is 3.82. The first kappa shape index (κ1) is 12.4. The molecular weight excluding hydrogens is 226 g/mol. The number of furan rings is 1.